The van der Waals surface area contributed by atoms with Crippen LogP contribution in [0.3, 0.4) is 0 Å². The monoisotopic (exact) mass is 322 g/mol. The van der Waals surface area contributed by atoms with Crippen molar-refractivity contribution in [2.45, 2.75) is 47.3 Å². The van der Waals surface area contributed by atoms with Crippen molar-refractivity contribution in [2.75, 3.05) is 26.2 Å². The van der Waals surface area contributed by atoms with Crippen molar-refractivity contribution in [3.8, 4) is 0 Å². The molecule has 0 aliphatic carbocycles. The van der Waals surface area contributed by atoms with Crippen molar-refractivity contribution in [3.63, 3.8) is 0 Å². The number of hydrogen-bond donors (Lipinski definition) is 0. The Morgan fingerprint density at radius 2 is 1.11 bits per heavy atom. The molecule has 0 aromatic rings. The molecule has 0 bridgehead atoms. The molecule has 0 N–H and O–H groups in total. The summed E-state index contributed by atoms with van der Waals surface area (Å²) in [6.45, 7) is 19.1. The molecule has 0 saturated carbocycles. The van der Waals surface area contributed by atoms with Gasteiger partial charge in [0.15, 0.2) is 0 Å². The van der Waals surface area contributed by atoms with Crippen LogP contribution in [-0.2, 0) is 12.3 Å². The first kappa shape index (κ1) is 17.5. The van der Waals surface area contributed by atoms with Crippen LogP contribution in [0.15, 0.2) is 0 Å². The summed E-state index contributed by atoms with van der Waals surface area (Å²) in [7, 11) is -6.14. The SMILES string of the molecule is CCN(CC)[Si]1(C)O[SiH](C)O[Si](C)(N(CC)CC)O1. The van der Waals surface area contributed by atoms with Gasteiger partial charge in [-0.25, -0.2) is 0 Å². The van der Waals surface area contributed by atoms with Crippen LogP contribution >= 0.6 is 0 Å². The molecule has 1 aliphatic rings. The summed E-state index contributed by atoms with van der Waals surface area (Å²) in [5, 5.41) is 0. The van der Waals surface area contributed by atoms with E-state index < -0.39 is 26.7 Å². The van der Waals surface area contributed by atoms with Crippen LogP contribution in [0.5, 0.6) is 0 Å². The third kappa shape index (κ3) is 3.76. The lowest BCUT2D eigenvalue weighted by molar-refractivity contribution is 0.148. The summed E-state index contributed by atoms with van der Waals surface area (Å²) in [5.41, 5.74) is 0. The molecule has 1 rings (SSSR count). The Labute approximate surface area is 122 Å². The molecule has 0 aromatic heterocycles. The molecule has 114 valence electrons. The molecule has 1 heterocycles. The van der Waals surface area contributed by atoms with E-state index in [0.717, 1.165) is 26.2 Å². The van der Waals surface area contributed by atoms with Gasteiger partial charge in [-0.05, 0) is 45.8 Å². The average molecular weight is 323 g/mol. The Hall–Kier alpha value is 0.451. The molecule has 0 spiro atoms. The first-order valence-corrected chi connectivity index (χ1v) is 14.0. The Kier molecular flexibility index (Phi) is 6.39. The molecule has 19 heavy (non-hydrogen) atoms. The maximum absolute atomic E-state index is 6.54. The minimum Gasteiger partial charge on any atom is -0.406 e. The molecule has 0 aromatic carbocycles. The zero-order chi connectivity index (χ0) is 14.7. The topological polar surface area (TPSA) is 34.2 Å². The van der Waals surface area contributed by atoms with Crippen LogP contribution in [0, 0.1) is 0 Å². The molecule has 2 atom stereocenters. The second-order valence-electron chi connectivity index (χ2n) is 5.05. The largest absolute Gasteiger partial charge is 0.407 e. The highest BCUT2D eigenvalue weighted by molar-refractivity contribution is 6.86. The number of hydrogen-bond acceptors (Lipinski definition) is 5. The molecule has 1 saturated heterocycles. The van der Waals surface area contributed by atoms with Crippen LogP contribution in [0.25, 0.3) is 0 Å². The number of nitrogens with zero attached hydrogens (tertiary/aromatic N) is 2. The lowest BCUT2D eigenvalue weighted by Crippen LogP contribution is -2.73. The van der Waals surface area contributed by atoms with Gasteiger partial charge >= 0.3 is 26.7 Å². The maximum atomic E-state index is 6.54. The molecule has 2 unspecified atom stereocenters. The van der Waals surface area contributed by atoms with Crippen molar-refractivity contribution < 1.29 is 12.3 Å². The van der Waals surface area contributed by atoms with E-state index in [4.69, 9.17) is 12.3 Å². The molecule has 5 nitrogen and oxygen atoms in total. The Morgan fingerprint density at radius 3 is 1.37 bits per heavy atom. The lowest BCUT2D eigenvalue weighted by Gasteiger charge is -2.51. The van der Waals surface area contributed by atoms with Crippen molar-refractivity contribution in [1.82, 2.24) is 9.13 Å². The van der Waals surface area contributed by atoms with E-state index in [0.29, 0.717) is 0 Å². The molecular formula is C11H30N2O3Si3. The highest BCUT2D eigenvalue weighted by Crippen LogP contribution is 2.29. The van der Waals surface area contributed by atoms with Crippen LogP contribution in [-0.4, -0.2) is 62.0 Å². The predicted octanol–water partition coefficient (Wildman–Crippen LogP) is 1.72. The Bertz CT molecular complexity index is 266. The highest BCUT2D eigenvalue weighted by atomic mass is 28.5. The zero-order valence-electron chi connectivity index (χ0n) is 13.5. The van der Waals surface area contributed by atoms with E-state index in [-0.39, 0.29) is 0 Å². The van der Waals surface area contributed by atoms with Crippen LogP contribution in [0.1, 0.15) is 27.7 Å². The van der Waals surface area contributed by atoms with Crippen LogP contribution in [0.4, 0.5) is 0 Å². The molecular weight excluding hydrogens is 292 g/mol. The molecule has 8 heteroatoms. The Morgan fingerprint density at radius 1 is 0.789 bits per heavy atom. The summed E-state index contributed by atoms with van der Waals surface area (Å²) in [6.07, 6.45) is 0. The normalized spacial score (nSPS) is 36.2. The molecule has 0 amide bonds. The maximum Gasteiger partial charge on any atom is 0.407 e. The fourth-order valence-electron chi connectivity index (χ4n) is 2.91. The first-order valence-electron chi connectivity index (χ1n) is 7.41. The second kappa shape index (κ2) is 6.94. The molecule has 1 fully saturated rings. The standard InChI is InChI=1S/C11H30N2O3Si3/c1-8-12(9-2)18(6)14-17(5)15-19(7,16-18)13(10-3)11-4/h17H,8-11H2,1-7H3. The predicted molar refractivity (Wildman–Crippen MR) is 85.3 cm³/mol. The van der Waals surface area contributed by atoms with E-state index in [1.165, 1.54) is 0 Å². The van der Waals surface area contributed by atoms with Crippen LogP contribution in [0.2, 0.25) is 19.6 Å². The van der Waals surface area contributed by atoms with Gasteiger partial charge in [0.25, 0.3) is 0 Å². The van der Waals surface area contributed by atoms with Crippen molar-refractivity contribution in [2.24, 2.45) is 0 Å². The van der Waals surface area contributed by atoms with E-state index in [1.807, 2.05) is 0 Å². The van der Waals surface area contributed by atoms with Gasteiger partial charge in [0.2, 0.25) is 0 Å². The smallest absolute Gasteiger partial charge is 0.406 e. The van der Waals surface area contributed by atoms with E-state index in [2.05, 4.69) is 56.5 Å². The van der Waals surface area contributed by atoms with Gasteiger partial charge in [-0.3, -0.25) is 9.13 Å². The fraction of sp³-hybridized carbons (Fsp3) is 1.00. The van der Waals surface area contributed by atoms with E-state index in [1.54, 1.807) is 0 Å². The lowest BCUT2D eigenvalue weighted by atomic mass is 10.7. The van der Waals surface area contributed by atoms with E-state index >= 15 is 0 Å². The van der Waals surface area contributed by atoms with Crippen molar-refractivity contribution in [3.05, 3.63) is 0 Å². The van der Waals surface area contributed by atoms with Gasteiger partial charge in [0.05, 0.1) is 0 Å². The summed E-state index contributed by atoms with van der Waals surface area (Å²) in [6, 6.07) is 0. The first-order chi connectivity index (χ1) is 8.85. The van der Waals surface area contributed by atoms with Gasteiger partial charge in [-0.15, -0.1) is 0 Å². The van der Waals surface area contributed by atoms with Gasteiger partial charge in [0.1, 0.15) is 0 Å². The fourth-order valence-corrected chi connectivity index (χ4v) is 17.1. The summed E-state index contributed by atoms with van der Waals surface area (Å²) < 4.78 is 23.7. The third-order valence-corrected chi connectivity index (χ3v) is 16.6. The molecule has 1 aliphatic heterocycles. The quantitative estimate of drug-likeness (QED) is 0.696. The van der Waals surface area contributed by atoms with Crippen LogP contribution < -0.4 is 0 Å². The minimum atomic E-state index is -2.27. The summed E-state index contributed by atoms with van der Waals surface area (Å²) in [5.74, 6) is 0. The number of rotatable bonds is 6. The zero-order valence-corrected chi connectivity index (χ0v) is 16.7. The van der Waals surface area contributed by atoms with E-state index in [9.17, 15) is 0 Å². The minimum absolute atomic E-state index is 0.975. The van der Waals surface area contributed by atoms with Gasteiger partial charge < -0.3 is 12.3 Å². The third-order valence-electron chi connectivity index (χ3n) is 3.82. The molecule has 0 radical (unpaired) electrons. The summed E-state index contributed by atoms with van der Waals surface area (Å²) >= 11 is 0. The van der Waals surface area contributed by atoms with Crippen molar-refractivity contribution >= 4 is 26.7 Å². The van der Waals surface area contributed by atoms with Gasteiger partial charge in [-0.2, -0.15) is 0 Å². The van der Waals surface area contributed by atoms with Crippen molar-refractivity contribution in [1.29, 1.82) is 0 Å². The highest BCUT2D eigenvalue weighted by Gasteiger charge is 2.55. The average Bonchev–Trinajstić information content (AvgIpc) is 2.29. The van der Waals surface area contributed by atoms with Gasteiger partial charge in [0, 0.05) is 0 Å². The van der Waals surface area contributed by atoms with Gasteiger partial charge in [-0.1, -0.05) is 27.7 Å². The Balaban J connectivity index is 2.99. The second-order valence-corrected chi connectivity index (χ2v) is 13.7. The summed E-state index contributed by atoms with van der Waals surface area (Å²) in [4.78, 5) is 0.